The van der Waals surface area contributed by atoms with E-state index in [0.29, 0.717) is 28.0 Å². The Bertz CT molecular complexity index is 1360. The number of fused-ring (bicyclic) bond motifs is 1. The normalized spacial score (nSPS) is 12.9. The molecule has 0 saturated heterocycles. The number of hydrogen-bond acceptors (Lipinski definition) is 6. The molecule has 0 atom stereocenters. The molecule has 36 heavy (non-hydrogen) atoms. The molecule has 2 amide bonds. The average molecular weight is 500 g/mol. The van der Waals surface area contributed by atoms with Crippen molar-refractivity contribution in [3.05, 3.63) is 71.2 Å². The van der Waals surface area contributed by atoms with E-state index in [-0.39, 0.29) is 11.8 Å². The highest BCUT2D eigenvalue weighted by atomic mass is 32.1. The van der Waals surface area contributed by atoms with Gasteiger partial charge in [-0.15, -0.1) is 11.3 Å². The molecule has 7 nitrogen and oxygen atoms in total. The maximum Gasteiger partial charge on any atom is 0.265 e. The highest BCUT2D eigenvalue weighted by Crippen LogP contribution is 2.30. The van der Waals surface area contributed by atoms with Gasteiger partial charge in [0.05, 0.1) is 16.1 Å². The Labute approximate surface area is 214 Å². The number of thiophene rings is 1. The van der Waals surface area contributed by atoms with Crippen LogP contribution in [-0.2, 0) is 0 Å². The fraction of sp³-hybridized carbons (Fsp3) is 0.286. The van der Waals surface area contributed by atoms with Gasteiger partial charge >= 0.3 is 0 Å². The maximum atomic E-state index is 13.0. The second kappa shape index (κ2) is 10.5. The van der Waals surface area contributed by atoms with Crippen LogP contribution in [-0.4, -0.2) is 46.3 Å². The third-order valence-corrected chi connectivity index (χ3v) is 7.25. The molecule has 3 heterocycles. The standard InChI is InChI=1S/C28H29N5O2S/c1-3-4-16-33(2)28(35)22-13-14-23(32-25(22)30-20-11-12-20)18-7-9-21(10-8-18)31-26(34)24-17-19-6-5-15-29-27(19)36-24/h5-10,13-15,17,20H,3-4,11-12,16H2,1-2H3,(H,30,32)(H,31,34). The van der Waals surface area contributed by atoms with E-state index < -0.39 is 0 Å². The van der Waals surface area contributed by atoms with Crippen molar-refractivity contribution in [2.24, 2.45) is 0 Å². The number of rotatable bonds is 9. The van der Waals surface area contributed by atoms with Crippen LogP contribution in [0.1, 0.15) is 52.6 Å². The number of nitrogens with one attached hydrogen (secondary N) is 2. The molecule has 4 aromatic rings. The summed E-state index contributed by atoms with van der Waals surface area (Å²) in [6, 6.07) is 17.4. The van der Waals surface area contributed by atoms with Crippen LogP contribution in [0.3, 0.4) is 0 Å². The summed E-state index contributed by atoms with van der Waals surface area (Å²) in [5.74, 6) is 0.467. The summed E-state index contributed by atoms with van der Waals surface area (Å²) in [6.07, 6.45) is 5.93. The molecule has 0 radical (unpaired) electrons. The van der Waals surface area contributed by atoms with Crippen LogP contribution in [0.5, 0.6) is 0 Å². The molecular formula is C28H29N5O2S. The number of pyridine rings is 2. The van der Waals surface area contributed by atoms with Gasteiger partial charge in [0.2, 0.25) is 0 Å². The van der Waals surface area contributed by atoms with Crippen molar-refractivity contribution in [3.8, 4) is 11.3 Å². The lowest BCUT2D eigenvalue weighted by Gasteiger charge is -2.19. The van der Waals surface area contributed by atoms with Crippen LogP contribution in [0.2, 0.25) is 0 Å². The van der Waals surface area contributed by atoms with E-state index in [4.69, 9.17) is 4.98 Å². The number of aromatic nitrogens is 2. The van der Waals surface area contributed by atoms with E-state index in [1.165, 1.54) is 11.3 Å². The summed E-state index contributed by atoms with van der Waals surface area (Å²) < 4.78 is 0. The SMILES string of the molecule is CCCCN(C)C(=O)c1ccc(-c2ccc(NC(=O)c3cc4cccnc4s3)cc2)nc1NC1CC1. The van der Waals surface area contributed by atoms with Crippen LogP contribution in [0, 0.1) is 0 Å². The smallest absolute Gasteiger partial charge is 0.265 e. The summed E-state index contributed by atoms with van der Waals surface area (Å²) in [7, 11) is 1.84. The van der Waals surface area contributed by atoms with Crippen molar-refractivity contribution < 1.29 is 9.59 Å². The molecule has 0 aliphatic heterocycles. The molecule has 0 spiro atoms. The Kier molecular flexibility index (Phi) is 6.95. The molecule has 0 bridgehead atoms. The zero-order valence-corrected chi connectivity index (χ0v) is 21.3. The van der Waals surface area contributed by atoms with Crippen LogP contribution < -0.4 is 10.6 Å². The number of carbonyl (C=O) groups is 2. The van der Waals surface area contributed by atoms with Crippen molar-refractivity contribution in [1.82, 2.24) is 14.9 Å². The van der Waals surface area contributed by atoms with E-state index in [2.05, 4.69) is 22.5 Å². The highest BCUT2D eigenvalue weighted by Gasteiger charge is 2.25. The topological polar surface area (TPSA) is 87.2 Å². The quantitative estimate of drug-likeness (QED) is 0.292. The Morgan fingerprint density at radius 1 is 1.11 bits per heavy atom. The van der Waals surface area contributed by atoms with Gasteiger partial charge in [0.15, 0.2) is 0 Å². The highest BCUT2D eigenvalue weighted by molar-refractivity contribution is 7.20. The van der Waals surface area contributed by atoms with Crippen LogP contribution in [0.15, 0.2) is 60.8 Å². The van der Waals surface area contributed by atoms with Gasteiger partial charge < -0.3 is 15.5 Å². The molecule has 2 N–H and O–H groups in total. The maximum absolute atomic E-state index is 13.0. The summed E-state index contributed by atoms with van der Waals surface area (Å²) >= 11 is 1.37. The molecule has 1 aromatic carbocycles. The van der Waals surface area contributed by atoms with Crippen molar-refractivity contribution in [3.63, 3.8) is 0 Å². The monoisotopic (exact) mass is 499 g/mol. The second-order valence-electron chi connectivity index (χ2n) is 9.13. The molecule has 1 aliphatic carbocycles. The summed E-state index contributed by atoms with van der Waals surface area (Å²) in [5.41, 5.74) is 3.00. The molecule has 184 valence electrons. The number of amides is 2. The van der Waals surface area contributed by atoms with Gasteiger partial charge in [0.25, 0.3) is 11.8 Å². The Hall–Kier alpha value is -3.78. The summed E-state index contributed by atoms with van der Waals surface area (Å²) in [6.45, 7) is 2.85. The van der Waals surface area contributed by atoms with Gasteiger partial charge in [-0.2, -0.15) is 0 Å². The van der Waals surface area contributed by atoms with Gasteiger partial charge in [-0.05, 0) is 55.7 Å². The Morgan fingerprint density at radius 3 is 2.64 bits per heavy atom. The lowest BCUT2D eigenvalue weighted by atomic mass is 10.1. The van der Waals surface area contributed by atoms with Crippen molar-refractivity contribution in [1.29, 1.82) is 0 Å². The predicted molar refractivity (Wildman–Crippen MR) is 146 cm³/mol. The molecule has 3 aromatic heterocycles. The van der Waals surface area contributed by atoms with Gasteiger partial charge in [-0.1, -0.05) is 31.5 Å². The molecule has 1 fully saturated rings. The van der Waals surface area contributed by atoms with Gasteiger partial charge in [0, 0.05) is 42.5 Å². The minimum atomic E-state index is -0.158. The van der Waals surface area contributed by atoms with Crippen LogP contribution in [0.4, 0.5) is 11.5 Å². The predicted octanol–water partition coefficient (Wildman–Crippen LogP) is 6.06. The first kappa shape index (κ1) is 23.9. The molecular weight excluding hydrogens is 470 g/mol. The first-order valence-electron chi connectivity index (χ1n) is 12.3. The van der Waals surface area contributed by atoms with E-state index in [0.717, 1.165) is 53.7 Å². The molecule has 8 heteroatoms. The largest absolute Gasteiger partial charge is 0.367 e. The first-order chi connectivity index (χ1) is 17.5. The second-order valence-corrected chi connectivity index (χ2v) is 10.2. The lowest BCUT2D eigenvalue weighted by Crippen LogP contribution is -2.29. The number of carbonyl (C=O) groups excluding carboxylic acids is 2. The molecule has 5 rings (SSSR count). The summed E-state index contributed by atoms with van der Waals surface area (Å²) in [5, 5.41) is 7.35. The molecule has 1 saturated carbocycles. The number of unbranched alkanes of at least 4 members (excludes halogenated alkanes) is 1. The first-order valence-corrected chi connectivity index (χ1v) is 13.1. The zero-order valence-electron chi connectivity index (χ0n) is 20.5. The van der Waals surface area contributed by atoms with Crippen molar-refractivity contribution in [2.45, 2.75) is 38.6 Å². The lowest BCUT2D eigenvalue weighted by molar-refractivity contribution is 0.0793. The van der Waals surface area contributed by atoms with Gasteiger partial charge in [-0.25, -0.2) is 9.97 Å². The average Bonchev–Trinajstić information content (AvgIpc) is 3.61. The third-order valence-electron chi connectivity index (χ3n) is 6.19. The minimum Gasteiger partial charge on any atom is -0.367 e. The van der Waals surface area contributed by atoms with E-state index in [9.17, 15) is 9.59 Å². The van der Waals surface area contributed by atoms with E-state index in [1.807, 2.05) is 61.6 Å². The minimum absolute atomic E-state index is 0.0138. The molecule has 0 unspecified atom stereocenters. The van der Waals surface area contributed by atoms with E-state index in [1.54, 1.807) is 11.1 Å². The van der Waals surface area contributed by atoms with E-state index >= 15 is 0 Å². The van der Waals surface area contributed by atoms with Gasteiger partial charge in [0.1, 0.15) is 10.6 Å². The van der Waals surface area contributed by atoms with Crippen LogP contribution >= 0.6 is 11.3 Å². The number of hydrogen-bond donors (Lipinski definition) is 2. The summed E-state index contributed by atoms with van der Waals surface area (Å²) in [4.78, 5) is 38.1. The van der Waals surface area contributed by atoms with Crippen LogP contribution in [0.25, 0.3) is 21.5 Å². The van der Waals surface area contributed by atoms with Gasteiger partial charge in [-0.3, -0.25) is 9.59 Å². The fourth-order valence-corrected chi connectivity index (χ4v) is 4.82. The van der Waals surface area contributed by atoms with Crippen molar-refractivity contribution >= 4 is 44.9 Å². The Balaban J connectivity index is 1.32. The number of nitrogens with zero attached hydrogens (tertiary/aromatic N) is 3. The van der Waals surface area contributed by atoms with Crippen molar-refractivity contribution in [2.75, 3.05) is 24.2 Å². The zero-order chi connectivity index (χ0) is 25.1. The number of anilines is 2. The molecule has 1 aliphatic rings. The Morgan fingerprint density at radius 2 is 1.92 bits per heavy atom. The fourth-order valence-electron chi connectivity index (χ4n) is 3.93. The third kappa shape index (κ3) is 5.39. The number of benzene rings is 1.